The van der Waals surface area contributed by atoms with Gasteiger partial charge in [0.05, 0.1) is 32.1 Å². The quantitative estimate of drug-likeness (QED) is 0.800. The van der Waals surface area contributed by atoms with E-state index in [1.54, 1.807) is 7.11 Å². The highest BCUT2D eigenvalue weighted by Gasteiger charge is 2.29. The monoisotopic (exact) mass is 263 g/mol. The first-order valence-corrected chi connectivity index (χ1v) is 6.78. The second kappa shape index (κ2) is 5.27. The van der Waals surface area contributed by atoms with Crippen molar-refractivity contribution in [3.63, 3.8) is 0 Å². The van der Waals surface area contributed by atoms with Gasteiger partial charge in [-0.25, -0.2) is 0 Å². The molecule has 2 aliphatic rings. The van der Waals surface area contributed by atoms with Crippen LogP contribution < -0.4 is 15.4 Å². The number of nitrogen functional groups attached to an aromatic ring is 1. The summed E-state index contributed by atoms with van der Waals surface area (Å²) in [5.41, 5.74) is 7.73. The molecule has 0 aromatic heterocycles. The van der Waals surface area contributed by atoms with Gasteiger partial charge in [-0.3, -0.25) is 4.90 Å². The maximum Gasteiger partial charge on any atom is 0.143 e. The first kappa shape index (κ1) is 12.6. The number of nitrogens with zero attached hydrogens (tertiary/aromatic N) is 2. The number of benzene rings is 1. The molecular weight excluding hydrogens is 242 g/mol. The minimum Gasteiger partial charge on any atom is -0.495 e. The van der Waals surface area contributed by atoms with Crippen LogP contribution in [0.3, 0.4) is 0 Å². The summed E-state index contributed by atoms with van der Waals surface area (Å²) in [4.78, 5) is 4.91. The first-order valence-electron chi connectivity index (χ1n) is 6.78. The van der Waals surface area contributed by atoms with Gasteiger partial charge in [0.1, 0.15) is 5.75 Å². The van der Waals surface area contributed by atoms with Crippen molar-refractivity contribution in [2.24, 2.45) is 0 Å². The Morgan fingerprint density at radius 2 is 2.21 bits per heavy atom. The maximum absolute atomic E-state index is 5.86. The number of methoxy groups -OCH3 is 1. The zero-order chi connectivity index (χ0) is 13.2. The fraction of sp³-hybridized carbons (Fsp3) is 0.571. The number of anilines is 2. The average molecular weight is 263 g/mol. The summed E-state index contributed by atoms with van der Waals surface area (Å²) in [6.45, 7) is 5.91. The van der Waals surface area contributed by atoms with E-state index in [0.717, 1.165) is 45.1 Å². The van der Waals surface area contributed by atoms with E-state index in [4.69, 9.17) is 15.2 Å². The zero-order valence-electron chi connectivity index (χ0n) is 11.3. The molecule has 2 N–H and O–H groups in total. The van der Waals surface area contributed by atoms with Crippen molar-refractivity contribution in [1.82, 2.24) is 4.90 Å². The molecule has 3 rings (SSSR count). The Morgan fingerprint density at radius 1 is 1.32 bits per heavy atom. The lowest BCUT2D eigenvalue weighted by Gasteiger charge is -2.44. The van der Waals surface area contributed by atoms with Gasteiger partial charge >= 0.3 is 0 Å². The second-order valence-corrected chi connectivity index (χ2v) is 5.14. The number of nitrogens with two attached hydrogens (primary N) is 1. The van der Waals surface area contributed by atoms with Gasteiger partial charge in [0.25, 0.3) is 0 Å². The lowest BCUT2D eigenvalue weighted by molar-refractivity contribution is -0.0116. The van der Waals surface area contributed by atoms with Gasteiger partial charge in [0.15, 0.2) is 0 Å². The summed E-state index contributed by atoms with van der Waals surface area (Å²) in [7, 11) is 1.66. The number of hydrogen-bond donors (Lipinski definition) is 1. The van der Waals surface area contributed by atoms with Crippen LogP contribution >= 0.6 is 0 Å². The number of morpholine rings is 1. The Labute approximate surface area is 113 Å². The number of rotatable bonds is 2. The lowest BCUT2D eigenvalue weighted by atomic mass is 10.1. The lowest BCUT2D eigenvalue weighted by Crippen LogP contribution is -2.58. The van der Waals surface area contributed by atoms with Gasteiger partial charge in [-0.1, -0.05) is 0 Å². The van der Waals surface area contributed by atoms with E-state index >= 15 is 0 Å². The van der Waals surface area contributed by atoms with Crippen molar-refractivity contribution in [2.75, 3.05) is 57.1 Å². The van der Waals surface area contributed by atoms with Gasteiger partial charge < -0.3 is 20.1 Å². The van der Waals surface area contributed by atoms with Crippen molar-refractivity contribution in [2.45, 2.75) is 6.04 Å². The van der Waals surface area contributed by atoms with E-state index in [2.05, 4.69) is 15.9 Å². The van der Waals surface area contributed by atoms with Crippen LogP contribution in [-0.4, -0.2) is 57.4 Å². The van der Waals surface area contributed by atoms with Crippen molar-refractivity contribution in [1.29, 1.82) is 0 Å². The maximum atomic E-state index is 5.86. The van der Waals surface area contributed by atoms with E-state index in [1.165, 1.54) is 5.69 Å². The Hall–Kier alpha value is -1.46. The molecule has 2 heterocycles. The molecule has 2 fully saturated rings. The van der Waals surface area contributed by atoms with E-state index in [9.17, 15) is 0 Å². The molecule has 5 heteroatoms. The second-order valence-electron chi connectivity index (χ2n) is 5.14. The summed E-state index contributed by atoms with van der Waals surface area (Å²) < 4.78 is 10.9. The van der Waals surface area contributed by atoms with Crippen LogP contribution in [0.1, 0.15) is 0 Å². The third-order valence-electron chi connectivity index (χ3n) is 4.02. The molecule has 0 spiro atoms. The van der Waals surface area contributed by atoms with Crippen LogP contribution in [0, 0.1) is 0 Å². The summed E-state index contributed by atoms with van der Waals surface area (Å²) in [5.74, 6) is 0.750. The third kappa shape index (κ3) is 2.48. The average Bonchev–Trinajstić information content (AvgIpc) is 2.47. The number of piperazine rings is 1. The first-order chi connectivity index (χ1) is 9.28. The van der Waals surface area contributed by atoms with Crippen LogP contribution in [0.4, 0.5) is 11.4 Å². The SMILES string of the molecule is COc1cc(N2CCN3CCOC[C@@H]3C2)ccc1N. The van der Waals surface area contributed by atoms with Crippen molar-refractivity contribution in [3.05, 3.63) is 18.2 Å². The third-order valence-corrected chi connectivity index (χ3v) is 4.02. The minimum absolute atomic E-state index is 0.506. The summed E-state index contributed by atoms with van der Waals surface area (Å²) in [6.07, 6.45) is 0. The summed E-state index contributed by atoms with van der Waals surface area (Å²) in [5, 5.41) is 0. The summed E-state index contributed by atoms with van der Waals surface area (Å²) >= 11 is 0. The molecule has 0 saturated carbocycles. The fourth-order valence-electron chi connectivity index (χ4n) is 2.88. The van der Waals surface area contributed by atoms with Crippen molar-refractivity contribution >= 4 is 11.4 Å². The number of ether oxygens (including phenoxy) is 2. The Morgan fingerprint density at radius 3 is 3.05 bits per heavy atom. The molecule has 0 amide bonds. The molecule has 0 bridgehead atoms. The van der Waals surface area contributed by atoms with Gasteiger partial charge in [-0.2, -0.15) is 0 Å². The summed E-state index contributed by atoms with van der Waals surface area (Å²) in [6, 6.07) is 6.51. The van der Waals surface area contributed by atoms with Crippen molar-refractivity contribution in [3.8, 4) is 5.75 Å². The highest BCUT2D eigenvalue weighted by Crippen LogP contribution is 2.29. The molecule has 2 saturated heterocycles. The normalized spacial score (nSPS) is 24.1. The molecule has 0 radical (unpaired) electrons. The fourth-order valence-corrected chi connectivity index (χ4v) is 2.88. The smallest absolute Gasteiger partial charge is 0.143 e. The van der Waals surface area contributed by atoms with E-state index in [-0.39, 0.29) is 0 Å². The van der Waals surface area contributed by atoms with E-state index in [1.807, 2.05) is 12.1 Å². The van der Waals surface area contributed by atoms with Crippen molar-refractivity contribution < 1.29 is 9.47 Å². The Kier molecular flexibility index (Phi) is 3.48. The number of fused-ring (bicyclic) bond motifs is 1. The molecule has 0 unspecified atom stereocenters. The predicted octanol–water partition coefficient (Wildman–Crippen LogP) is 0.798. The number of hydrogen-bond acceptors (Lipinski definition) is 5. The standard InChI is InChI=1S/C14H21N3O2/c1-18-14-8-11(2-3-13(14)15)17-5-4-16-6-7-19-10-12(16)9-17/h2-3,8,12H,4-7,9-10,15H2,1H3/t12-/m0/s1. The molecule has 104 valence electrons. The van der Waals surface area contributed by atoms with Gasteiger partial charge in [0, 0.05) is 37.9 Å². The molecular formula is C14H21N3O2. The van der Waals surface area contributed by atoms with Gasteiger partial charge in [-0.15, -0.1) is 0 Å². The molecule has 2 aliphatic heterocycles. The highest BCUT2D eigenvalue weighted by atomic mass is 16.5. The highest BCUT2D eigenvalue weighted by molar-refractivity contribution is 5.62. The zero-order valence-corrected chi connectivity index (χ0v) is 11.3. The van der Waals surface area contributed by atoms with Crippen LogP contribution in [0.2, 0.25) is 0 Å². The largest absolute Gasteiger partial charge is 0.495 e. The predicted molar refractivity (Wildman–Crippen MR) is 75.8 cm³/mol. The van der Waals surface area contributed by atoms with E-state index < -0.39 is 0 Å². The molecule has 5 nitrogen and oxygen atoms in total. The van der Waals surface area contributed by atoms with Crippen LogP contribution in [0.5, 0.6) is 5.75 Å². The molecule has 1 atom stereocenters. The van der Waals surface area contributed by atoms with E-state index in [0.29, 0.717) is 11.7 Å². The van der Waals surface area contributed by atoms with Gasteiger partial charge in [-0.05, 0) is 12.1 Å². The topological polar surface area (TPSA) is 51.0 Å². The van der Waals surface area contributed by atoms with Crippen LogP contribution in [0.15, 0.2) is 18.2 Å². The molecule has 1 aromatic rings. The molecule has 1 aromatic carbocycles. The minimum atomic E-state index is 0.506. The molecule has 0 aliphatic carbocycles. The Bertz CT molecular complexity index is 452. The van der Waals surface area contributed by atoms with Crippen LogP contribution in [0.25, 0.3) is 0 Å². The molecule has 19 heavy (non-hydrogen) atoms. The Balaban J connectivity index is 1.75. The van der Waals surface area contributed by atoms with Crippen LogP contribution in [-0.2, 0) is 4.74 Å². The van der Waals surface area contributed by atoms with Gasteiger partial charge in [0.2, 0.25) is 0 Å².